The maximum atomic E-state index is 12.5. The van der Waals surface area contributed by atoms with Gasteiger partial charge in [0.15, 0.2) is 0 Å². The van der Waals surface area contributed by atoms with E-state index in [1.54, 1.807) is 0 Å². The summed E-state index contributed by atoms with van der Waals surface area (Å²) in [6, 6.07) is 11.1. The zero-order chi connectivity index (χ0) is 15.6. The summed E-state index contributed by atoms with van der Waals surface area (Å²) in [7, 11) is 0. The van der Waals surface area contributed by atoms with Crippen LogP contribution in [-0.2, 0) is 12.6 Å². The van der Waals surface area contributed by atoms with Crippen LogP contribution in [0.25, 0.3) is 0 Å². The number of rotatable bonds is 3. The first kappa shape index (κ1) is 15.9. The van der Waals surface area contributed by atoms with Crippen LogP contribution in [0.1, 0.15) is 33.2 Å². The molecule has 112 valence electrons. The summed E-state index contributed by atoms with van der Waals surface area (Å²) < 4.78 is 37.6. The van der Waals surface area contributed by atoms with Gasteiger partial charge in [0.05, 0.1) is 10.9 Å². The Morgan fingerprint density at radius 2 is 1.48 bits per heavy atom. The van der Waals surface area contributed by atoms with Crippen molar-refractivity contribution < 1.29 is 13.2 Å². The molecule has 21 heavy (non-hydrogen) atoms. The second-order valence-electron chi connectivity index (χ2n) is 5.17. The van der Waals surface area contributed by atoms with E-state index >= 15 is 0 Å². The van der Waals surface area contributed by atoms with Crippen molar-refractivity contribution in [1.29, 1.82) is 0 Å². The summed E-state index contributed by atoms with van der Waals surface area (Å²) in [4.78, 5) is 0. The van der Waals surface area contributed by atoms with Crippen molar-refractivity contribution in [3.05, 3.63) is 70.3 Å². The lowest BCUT2D eigenvalue weighted by Gasteiger charge is -2.16. The molecule has 4 heteroatoms. The number of hydrogen-bond acceptors (Lipinski definition) is 0. The Morgan fingerprint density at radius 3 is 1.95 bits per heavy atom. The molecule has 0 N–H and O–H groups in total. The van der Waals surface area contributed by atoms with Crippen LogP contribution in [0.2, 0.25) is 0 Å². The number of halogens is 4. The van der Waals surface area contributed by atoms with Crippen LogP contribution in [0, 0.1) is 13.8 Å². The van der Waals surface area contributed by atoms with Crippen molar-refractivity contribution in [2.24, 2.45) is 0 Å². The minimum Gasteiger partial charge on any atom is -0.166 e. The van der Waals surface area contributed by atoms with E-state index in [4.69, 9.17) is 11.6 Å². The SMILES string of the molecule is Cc1cccc(C)c1C(Cl)Cc1ccc(C(F)(F)F)cc1. The van der Waals surface area contributed by atoms with Crippen LogP contribution in [-0.4, -0.2) is 0 Å². The first-order valence-electron chi connectivity index (χ1n) is 6.65. The first-order chi connectivity index (χ1) is 9.79. The molecular weight excluding hydrogens is 297 g/mol. The minimum atomic E-state index is -4.30. The number of alkyl halides is 4. The highest BCUT2D eigenvalue weighted by atomic mass is 35.5. The van der Waals surface area contributed by atoms with E-state index in [0.29, 0.717) is 6.42 Å². The monoisotopic (exact) mass is 312 g/mol. The second kappa shape index (κ2) is 6.10. The van der Waals surface area contributed by atoms with Crippen molar-refractivity contribution in [3.63, 3.8) is 0 Å². The topological polar surface area (TPSA) is 0 Å². The fourth-order valence-electron chi connectivity index (χ4n) is 2.46. The predicted octanol–water partition coefficient (Wildman–Crippen LogP) is 5.84. The third-order valence-electron chi connectivity index (χ3n) is 3.55. The summed E-state index contributed by atoms with van der Waals surface area (Å²) in [6.45, 7) is 3.98. The Morgan fingerprint density at radius 1 is 0.952 bits per heavy atom. The van der Waals surface area contributed by atoms with Gasteiger partial charge >= 0.3 is 6.18 Å². The van der Waals surface area contributed by atoms with Crippen molar-refractivity contribution in [2.75, 3.05) is 0 Å². The number of hydrogen-bond donors (Lipinski definition) is 0. The van der Waals surface area contributed by atoms with Gasteiger partial charge in [-0.15, -0.1) is 11.6 Å². The number of benzene rings is 2. The molecule has 0 aromatic heterocycles. The second-order valence-corrected chi connectivity index (χ2v) is 5.70. The van der Waals surface area contributed by atoms with E-state index < -0.39 is 11.7 Å². The Labute approximate surface area is 127 Å². The molecule has 0 spiro atoms. The minimum absolute atomic E-state index is 0.247. The van der Waals surface area contributed by atoms with E-state index in [2.05, 4.69) is 0 Å². The van der Waals surface area contributed by atoms with E-state index in [1.165, 1.54) is 12.1 Å². The van der Waals surface area contributed by atoms with Gasteiger partial charge in [0, 0.05) is 0 Å². The van der Waals surface area contributed by atoms with E-state index in [-0.39, 0.29) is 5.38 Å². The van der Waals surface area contributed by atoms with Crippen LogP contribution in [0.5, 0.6) is 0 Å². The van der Waals surface area contributed by atoms with E-state index in [1.807, 2.05) is 32.0 Å². The molecule has 1 atom stereocenters. The Bertz CT molecular complexity index is 595. The standard InChI is InChI=1S/C17H16ClF3/c1-11-4-3-5-12(2)16(11)15(18)10-13-6-8-14(9-7-13)17(19,20)21/h3-9,15H,10H2,1-2H3. The summed E-state index contributed by atoms with van der Waals surface area (Å²) in [5, 5.41) is -0.247. The molecule has 1 unspecified atom stereocenters. The molecule has 0 bridgehead atoms. The fourth-order valence-corrected chi connectivity index (χ4v) is 2.98. The lowest BCUT2D eigenvalue weighted by Crippen LogP contribution is -2.05. The van der Waals surface area contributed by atoms with Crippen molar-refractivity contribution >= 4 is 11.6 Å². The van der Waals surface area contributed by atoms with Gasteiger partial charge in [-0.25, -0.2) is 0 Å². The normalized spacial score (nSPS) is 13.2. The zero-order valence-electron chi connectivity index (χ0n) is 11.8. The molecule has 0 heterocycles. The van der Waals surface area contributed by atoms with Crippen molar-refractivity contribution in [2.45, 2.75) is 31.8 Å². The Balaban J connectivity index is 2.18. The summed E-state index contributed by atoms with van der Waals surface area (Å²) >= 11 is 6.46. The maximum absolute atomic E-state index is 12.5. The quantitative estimate of drug-likeness (QED) is 0.624. The molecule has 2 aromatic rings. The summed E-state index contributed by atoms with van der Waals surface area (Å²) in [6.07, 6.45) is -3.79. The molecule has 0 fully saturated rings. The van der Waals surface area contributed by atoms with Gasteiger partial charge < -0.3 is 0 Å². The molecule has 0 aliphatic carbocycles. The van der Waals surface area contributed by atoms with Gasteiger partial charge in [-0.3, -0.25) is 0 Å². The molecule has 0 saturated heterocycles. The van der Waals surface area contributed by atoms with Crippen molar-refractivity contribution in [1.82, 2.24) is 0 Å². The third-order valence-corrected chi connectivity index (χ3v) is 3.92. The molecular formula is C17H16ClF3. The fraction of sp³-hybridized carbons (Fsp3) is 0.294. The number of aryl methyl sites for hydroxylation is 2. The molecule has 0 radical (unpaired) electrons. The van der Waals surface area contributed by atoms with Crippen LogP contribution < -0.4 is 0 Å². The van der Waals surface area contributed by atoms with Crippen LogP contribution in [0.3, 0.4) is 0 Å². The van der Waals surface area contributed by atoms with Crippen LogP contribution in [0.4, 0.5) is 13.2 Å². The van der Waals surface area contributed by atoms with Crippen molar-refractivity contribution in [3.8, 4) is 0 Å². The Hall–Kier alpha value is -1.48. The molecule has 0 aliphatic rings. The molecule has 2 aromatic carbocycles. The smallest absolute Gasteiger partial charge is 0.166 e. The summed E-state index contributed by atoms with van der Waals surface area (Å²) in [5.74, 6) is 0. The highest BCUT2D eigenvalue weighted by Crippen LogP contribution is 2.32. The van der Waals surface area contributed by atoms with Gasteiger partial charge in [0.2, 0.25) is 0 Å². The molecule has 0 aliphatic heterocycles. The van der Waals surface area contributed by atoms with Crippen LogP contribution >= 0.6 is 11.6 Å². The lowest BCUT2D eigenvalue weighted by atomic mass is 9.95. The molecule has 0 amide bonds. The van der Waals surface area contributed by atoms with Crippen LogP contribution in [0.15, 0.2) is 42.5 Å². The maximum Gasteiger partial charge on any atom is 0.416 e. The third kappa shape index (κ3) is 3.79. The van der Waals surface area contributed by atoms with E-state index in [9.17, 15) is 13.2 Å². The molecule has 0 saturated carbocycles. The van der Waals surface area contributed by atoms with E-state index in [0.717, 1.165) is 34.4 Å². The lowest BCUT2D eigenvalue weighted by molar-refractivity contribution is -0.137. The first-order valence-corrected chi connectivity index (χ1v) is 7.09. The van der Waals surface area contributed by atoms with Gasteiger partial charge in [0.1, 0.15) is 0 Å². The van der Waals surface area contributed by atoms with Gasteiger partial charge in [0.25, 0.3) is 0 Å². The van der Waals surface area contributed by atoms with Gasteiger partial charge in [-0.1, -0.05) is 30.3 Å². The van der Waals surface area contributed by atoms with Gasteiger partial charge in [-0.05, 0) is 54.7 Å². The highest BCUT2D eigenvalue weighted by Gasteiger charge is 2.30. The Kier molecular flexibility index (Phi) is 4.62. The zero-order valence-corrected chi connectivity index (χ0v) is 12.6. The summed E-state index contributed by atoms with van der Waals surface area (Å²) in [5.41, 5.74) is 3.41. The predicted molar refractivity (Wildman–Crippen MR) is 79.7 cm³/mol. The largest absolute Gasteiger partial charge is 0.416 e. The molecule has 2 rings (SSSR count). The average Bonchev–Trinajstić information content (AvgIpc) is 2.38. The van der Waals surface area contributed by atoms with Gasteiger partial charge in [-0.2, -0.15) is 13.2 Å². The highest BCUT2D eigenvalue weighted by molar-refractivity contribution is 6.21. The average molecular weight is 313 g/mol. The molecule has 0 nitrogen and oxygen atoms in total.